The summed E-state index contributed by atoms with van der Waals surface area (Å²) in [5, 5.41) is 2.32. The highest BCUT2D eigenvalue weighted by Crippen LogP contribution is 2.33. The Morgan fingerprint density at radius 1 is 0.551 bits per heavy atom. The van der Waals surface area contributed by atoms with Gasteiger partial charge in [-0.25, -0.2) is 0 Å². The monoisotopic (exact) mass is 638 g/mol. The third kappa shape index (κ3) is 4.83. The number of nitrogens with zero attached hydrogens (tertiary/aromatic N) is 2. The van der Waals surface area contributed by atoms with Gasteiger partial charge in [0.05, 0.1) is 0 Å². The molecule has 0 atom stereocenters. The molecule has 240 valence electrons. The summed E-state index contributed by atoms with van der Waals surface area (Å²) in [5.74, 6) is 1.82. The van der Waals surface area contributed by atoms with E-state index >= 15 is 0 Å². The van der Waals surface area contributed by atoms with Gasteiger partial charge in [-0.2, -0.15) is 0 Å². The number of benzene rings is 4. The van der Waals surface area contributed by atoms with Gasteiger partial charge in [0.25, 0.3) is 0 Å². The summed E-state index contributed by atoms with van der Waals surface area (Å²) >= 11 is 0. The quantitative estimate of drug-likeness (QED) is 0.182. The number of furan rings is 2. The molecule has 0 unspecified atom stereocenters. The van der Waals surface area contributed by atoms with Crippen LogP contribution in [0.15, 0.2) is 136 Å². The van der Waals surface area contributed by atoms with Crippen LogP contribution in [0, 0.1) is 41.5 Å². The van der Waals surface area contributed by atoms with Gasteiger partial charge in [0, 0.05) is 17.6 Å². The standard InChI is InChI=1S/C31H30BNO.C13H9NO/c1-19-15-21(3)28(22(4)16-19)32(29-23(5)17-20(2)18-24(29)6)30-25-11-7-8-13-27(25)34-31(30)26-12-9-10-14-33(26)32;1-2-7-12-10(5-1)9-13(15-12)11-6-3-4-8-14-11/h7-18H,1-6H3;1-9H. The minimum atomic E-state index is -1.52. The van der Waals surface area contributed by atoms with E-state index in [4.69, 9.17) is 8.83 Å². The molecule has 0 saturated heterocycles. The molecule has 1 aliphatic rings. The Balaban J connectivity index is 0.000000193. The maximum Gasteiger partial charge on any atom is 0.366 e. The van der Waals surface area contributed by atoms with Crippen LogP contribution in [0.4, 0.5) is 0 Å². The van der Waals surface area contributed by atoms with E-state index in [0.717, 1.165) is 39.5 Å². The van der Waals surface area contributed by atoms with Crippen LogP contribution in [0.25, 0.3) is 44.8 Å². The molecule has 5 heterocycles. The first-order valence-electron chi connectivity index (χ1n) is 17.0. The Kier molecular flexibility index (Phi) is 7.37. The maximum absolute atomic E-state index is 6.64. The van der Waals surface area contributed by atoms with Crippen LogP contribution in [0.2, 0.25) is 0 Å². The predicted molar refractivity (Wildman–Crippen MR) is 203 cm³/mol. The van der Waals surface area contributed by atoms with E-state index in [1.54, 1.807) is 6.20 Å². The molecular weight excluding hydrogens is 599 g/mol. The third-order valence-electron chi connectivity index (χ3n) is 10.2. The molecule has 4 nitrogen and oxygen atoms in total. The van der Waals surface area contributed by atoms with Gasteiger partial charge < -0.3 is 13.3 Å². The van der Waals surface area contributed by atoms with Gasteiger partial charge in [0.15, 0.2) is 17.2 Å². The van der Waals surface area contributed by atoms with Gasteiger partial charge in [-0.05, 0) is 89.4 Å². The number of fused-ring (bicyclic) bond motifs is 6. The average Bonchev–Trinajstić information content (AvgIpc) is 3.76. The first kappa shape index (κ1) is 30.6. The Morgan fingerprint density at radius 3 is 1.78 bits per heavy atom. The van der Waals surface area contributed by atoms with Crippen molar-refractivity contribution in [3.63, 3.8) is 0 Å². The van der Waals surface area contributed by atoms with Crippen LogP contribution < -0.4 is 20.9 Å². The molecule has 4 aromatic carbocycles. The smallest absolute Gasteiger partial charge is 0.366 e. The van der Waals surface area contributed by atoms with Crippen LogP contribution in [0.5, 0.6) is 0 Å². The lowest BCUT2D eigenvalue weighted by Gasteiger charge is -2.38. The first-order valence-corrected chi connectivity index (χ1v) is 17.0. The van der Waals surface area contributed by atoms with Crippen LogP contribution in [0.3, 0.4) is 0 Å². The van der Waals surface area contributed by atoms with Crippen molar-refractivity contribution >= 4 is 44.6 Å². The van der Waals surface area contributed by atoms with Crippen molar-refractivity contribution < 1.29 is 13.3 Å². The normalized spacial score (nSPS) is 12.9. The van der Waals surface area contributed by atoms with Crippen molar-refractivity contribution in [1.82, 2.24) is 4.98 Å². The summed E-state index contributed by atoms with van der Waals surface area (Å²) in [6.45, 7) is 13.5. The second-order valence-corrected chi connectivity index (χ2v) is 13.6. The van der Waals surface area contributed by atoms with E-state index in [-0.39, 0.29) is 0 Å². The minimum absolute atomic E-state index is 0.816. The number of pyridine rings is 2. The van der Waals surface area contributed by atoms with Crippen molar-refractivity contribution in [3.05, 3.63) is 161 Å². The largest absolute Gasteiger partial charge is 0.454 e. The summed E-state index contributed by atoms with van der Waals surface area (Å²) < 4.78 is 14.9. The lowest BCUT2D eigenvalue weighted by molar-refractivity contribution is -0.524. The van der Waals surface area contributed by atoms with Crippen molar-refractivity contribution in [3.8, 4) is 22.9 Å². The highest BCUT2D eigenvalue weighted by Gasteiger charge is 2.55. The zero-order chi connectivity index (χ0) is 33.9. The Morgan fingerprint density at radius 2 is 1.14 bits per heavy atom. The number of aromatic nitrogens is 2. The van der Waals surface area contributed by atoms with Crippen LogP contribution in [0.1, 0.15) is 33.4 Å². The predicted octanol–water partition coefficient (Wildman–Crippen LogP) is 8.56. The lowest BCUT2D eigenvalue weighted by atomic mass is 9.22. The van der Waals surface area contributed by atoms with Gasteiger partial charge in [-0.1, -0.05) is 106 Å². The van der Waals surface area contributed by atoms with Crippen LogP contribution >= 0.6 is 0 Å². The highest BCUT2D eigenvalue weighted by molar-refractivity contribution is 7.09. The Labute approximate surface area is 287 Å². The van der Waals surface area contributed by atoms with E-state index in [2.05, 4.69) is 124 Å². The number of aryl methyl sites for hydroxylation is 6. The van der Waals surface area contributed by atoms with Crippen molar-refractivity contribution in [2.45, 2.75) is 41.5 Å². The molecule has 4 aromatic heterocycles. The molecule has 0 aliphatic carbocycles. The van der Waals surface area contributed by atoms with E-state index < -0.39 is 6.28 Å². The van der Waals surface area contributed by atoms with Gasteiger partial charge in [-0.3, -0.25) is 4.98 Å². The summed E-state index contributed by atoms with van der Waals surface area (Å²) in [7, 11) is 0. The number of hydrogen-bond acceptors (Lipinski definition) is 3. The third-order valence-corrected chi connectivity index (χ3v) is 10.2. The van der Waals surface area contributed by atoms with Gasteiger partial charge in [-0.15, -0.1) is 10.9 Å². The second kappa shape index (κ2) is 11.8. The van der Waals surface area contributed by atoms with E-state index in [1.807, 2.05) is 48.5 Å². The average molecular weight is 639 g/mol. The minimum Gasteiger partial charge on any atom is -0.454 e. The second-order valence-electron chi connectivity index (χ2n) is 13.6. The molecule has 0 bridgehead atoms. The molecule has 0 saturated carbocycles. The van der Waals surface area contributed by atoms with Crippen molar-refractivity contribution in [2.75, 3.05) is 0 Å². The zero-order valence-corrected chi connectivity index (χ0v) is 28.9. The Bertz CT molecular complexity index is 2390. The molecule has 0 radical (unpaired) electrons. The van der Waals surface area contributed by atoms with E-state index in [1.165, 1.54) is 55.2 Å². The molecule has 9 rings (SSSR count). The maximum atomic E-state index is 6.64. The zero-order valence-electron chi connectivity index (χ0n) is 28.9. The molecule has 5 heteroatoms. The molecule has 8 aromatic rings. The molecule has 49 heavy (non-hydrogen) atoms. The Hall–Kier alpha value is -5.68. The van der Waals surface area contributed by atoms with Crippen LogP contribution in [-0.4, -0.2) is 11.3 Å². The fourth-order valence-corrected chi connectivity index (χ4v) is 8.82. The van der Waals surface area contributed by atoms with E-state index in [9.17, 15) is 0 Å². The lowest BCUT2D eigenvalue weighted by Crippen LogP contribution is -2.84. The van der Waals surface area contributed by atoms with Gasteiger partial charge >= 0.3 is 6.28 Å². The van der Waals surface area contributed by atoms with E-state index in [0.29, 0.717) is 0 Å². The molecule has 0 amide bonds. The van der Waals surface area contributed by atoms with Crippen molar-refractivity contribution in [2.24, 2.45) is 0 Å². The van der Waals surface area contributed by atoms with Crippen molar-refractivity contribution in [1.29, 1.82) is 0 Å². The SMILES string of the molecule is Cc1cc(C)c([B-]2(c3c(C)cc(C)cc3C)c3c(oc4ccccc34)-c3cccc[n+]32)c(C)c1.c1ccc(-c2cc3ccccc3o2)nc1. The van der Waals surface area contributed by atoms with Gasteiger partial charge in [0.1, 0.15) is 23.1 Å². The van der Waals surface area contributed by atoms with Gasteiger partial charge in [0.2, 0.25) is 0 Å². The molecular formula is C44H39BN2O2. The fourth-order valence-electron chi connectivity index (χ4n) is 8.82. The van der Waals surface area contributed by atoms with Crippen LogP contribution in [-0.2, 0) is 0 Å². The fraction of sp³-hybridized carbons (Fsp3) is 0.136. The molecule has 0 N–H and O–H groups in total. The molecule has 0 fully saturated rings. The summed E-state index contributed by atoms with van der Waals surface area (Å²) in [4.78, 5) is 4.25. The summed E-state index contributed by atoms with van der Waals surface area (Å²) in [6.07, 6.45) is 2.51. The first-order chi connectivity index (χ1) is 23.8. The summed E-state index contributed by atoms with van der Waals surface area (Å²) in [5.41, 5.74) is 15.9. The highest BCUT2D eigenvalue weighted by atomic mass is 16.3. The number of para-hydroxylation sites is 2. The topological polar surface area (TPSA) is 43.0 Å². The molecule has 0 spiro atoms. The molecule has 1 aliphatic heterocycles. The summed E-state index contributed by atoms with van der Waals surface area (Å²) in [6, 6.07) is 40.2. The number of rotatable bonds is 3. The number of hydrogen-bond donors (Lipinski definition) is 0.